The highest BCUT2D eigenvalue weighted by atomic mass is 28.3. The summed E-state index contributed by atoms with van der Waals surface area (Å²) >= 11 is 0. The summed E-state index contributed by atoms with van der Waals surface area (Å²) < 4.78 is 6.61. The number of benzene rings is 2. The highest BCUT2D eigenvalue weighted by Crippen LogP contribution is 2.49. The van der Waals surface area contributed by atoms with Crippen molar-refractivity contribution in [3.63, 3.8) is 0 Å². The second kappa shape index (κ2) is 5.11. The Bertz CT molecular complexity index is 1240. The third kappa shape index (κ3) is 2.09. The van der Waals surface area contributed by atoms with Gasteiger partial charge in [-0.3, -0.25) is 4.98 Å². The summed E-state index contributed by atoms with van der Waals surface area (Å²) in [5.41, 5.74) is 8.08. The molecular weight excluding hydrogens is 346 g/mol. The number of aryl methyl sites for hydroxylation is 1. The number of furan rings is 1. The highest BCUT2D eigenvalue weighted by molar-refractivity contribution is 6.90. The molecule has 0 saturated heterocycles. The molecule has 0 aliphatic heterocycles. The van der Waals surface area contributed by atoms with E-state index in [9.17, 15) is 0 Å². The second-order valence-corrected chi connectivity index (χ2v) is 14.4. The van der Waals surface area contributed by atoms with E-state index in [4.69, 9.17) is 9.40 Å². The van der Waals surface area contributed by atoms with Crippen LogP contribution in [0, 0.1) is 6.92 Å². The van der Waals surface area contributed by atoms with Crippen LogP contribution >= 0.6 is 0 Å². The zero-order valence-corrected chi connectivity index (χ0v) is 17.9. The van der Waals surface area contributed by atoms with Crippen molar-refractivity contribution < 1.29 is 4.42 Å². The predicted molar refractivity (Wildman–Crippen MR) is 117 cm³/mol. The Morgan fingerprint density at radius 1 is 0.889 bits per heavy atom. The SMILES string of the molecule is Cc1ccc2c3c1oc1c([Si](C)(C)C)ccc(c13)C(C)(C)c1cccnc1-2. The van der Waals surface area contributed by atoms with E-state index in [1.165, 1.54) is 38.2 Å². The number of pyridine rings is 1. The lowest BCUT2D eigenvalue weighted by molar-refractivity contribution is 0.641. The third-order valence-corrected chi connectivity index (χ3v) is 8.19. The normalized spacial score (nSPS) is 15.3. The quantitative estimate of drug-likeness (QED) is 0.376. The first-order valence-corrected chi connectivity index (χ1v) is 13.2. The van der Waals surface area contributed by atoms with Crippen LogP contribution in [-0.4, -0.2) is 13.1 Å². The molecule has 3 heteroatoms. The van der Waals surface area contributed by atoms with E-state index in [0.717, 1.165) is 16.9 Å². The van der Waals surface area contributed by atoms with Gasteiger partial charge in [-0.2, -0.15) is 0 Å². The molecule has 5 rings (SSSR count). The maximum absolute atomic E-state index is 6.61. The topological polar surface area (TPSA) is 26.0 Å². The molecule has 4 aromatic rings. The van der Waals surface area contributed by atoms with E-state index in [1.807, 2.05) is 6.20 Å². The van der Waals surface area contributed by atoms with Crippen molar-refractivity contribution in [3.05, 3.63) is 59.3 Å². The lowest BCUT2D eigenvalue weighted by Gasteiger charge is -2.28. The van der Waals surface area contributed by atoms with Crippen molar-refractivity contribution in [1.82, 2.24) is 4.98 Å². The van der Waals surface area contributed by atoms with Gasteiger partial charge in [0.2, 0.25) is 0 Å². The fourth-order valence-electron chi connectivity index (χ4n) is 4.68. The molecule has 2 nitrogen and oxygen atoms in total. The Balaban J connectivity index is 2.11. The van der Waals surface area contributed by atoms with Gasteiger partial charge in [-0.25, -0.2) is 0 Å². The maximum atomic E-state index is 6.61. The van der Waals surface area contributed by atoms with Crippen LogP contribution in [0.15, 0.2) is 47.0 Å². The molecule has 0 amide bonds. The minimum Gasteiger partial charge on any atom is -0.456 e. The van der Waals surface area contributed by atoms with Gasteiger partial charge in [0.05, 0.1) is 13.8 Å². The Kier molecular flexibility index (Phi) is 3.17. The van der Waals surface area contributed by atoms with Crippen LogP contribution in [-0.2, 0) is 5.41 Å². The fraction of sp³-hybridized carbons (Fsp3) is 0.292. The first-order valence-electron chi connectivity index (χ1n) is 9.67. The lowest BCUT2D eigenvalue weighted by Crippen LogP contribution is -2.38. The van der Waals surface area contributed by atoms with Crippen LogP contribution in [0.4, 0.5) is 0 Å². The van der Waals surface area contributed by atoms with Crippen molar-refractivity contribution in [2.45, 2.75) is 45.8 Å². The Morgan fingerprint density at radius 3 is 2.41 bits per heavy atom. The van der Waals surface area contributed by atoms with Crippen LogP contribution in [0.25, 0.3) is 33.2 Å². The molecule has 0 N–H and O–H groups in total. The van der Waals surface area contributed by atoms with Crippen molar-refractivity contribution in [1.29, 1.82) is 0 Å². The number of hydrogen-bond acceptors (Lipinski definition) is 2. The summed E-state index contributed by atoms with van der Waals surface area (Å²) in [5, 5.41) is 3.94. The summed E-state index contributed by atoms with van der Waals surface area (Å²) in [6.07, 6.45) is 1.90. The van der Waals surface area contributed by atoms with Crippen molar-refractivity contribution in [2.75, 3.05) is 0 Å². The van der Waals surface area contributed by atoms with E-state index in [1.54, 1.807) is 0 Å². The molecule has 2 aromatic heterocycles. The van der Waals surface area contributed by atoms with E-state index in [2.05, 4.69) is 76.8 Å². The van der Waals surface area contributed by atoms with Crippen LogP contribution in [0.2, 0.25) is 19.6 Å². The first-order chi connectivity index (χ1) is 12.7. The van der Waals surface area contributed by atoms with Crippen molar-refractivity contribution in [2.24, 2.45) is 0 Å². The standard InChI is InChI=1S/C24H25NOSi/c1-14-9-10-15-19-20-16(24(2,3)17-8-7-13-25-21(15)17)11-12-18(27(4,5)6)23(20)26-22(14)19/h7-13H,1-6H3. The minimum absolute atomic E-state index is 0.135. The molecule has 0 atom stereocenters. The minimum atomic E-state index is -1.55. The first kappa shape index (κ1) is 16.8. The van der Waals surface area contributed by atoms with Crippen LogP contribution in [0.3, 0.4) is 0 Å². The second-order valence-electron chi connectivity index (χ2n) is 9.38. The summed E-state index contributed by atoms with van der Waals surface area (Å²) in [7, 11) is -1.55. The highest BCUT2D eigenvalue weighted by Gasteiger charge is 2.36. The molecule has 1 aliphatic carbocycles. The number of rotatable bonds is 1. The maximum Gasteiger partial charge on any atom is 0.139 e. The van der Waals surface area contributed by atoms with Crippen LogP contribution in [0.1, 0.15) is 30.5 Å². The van der Waals surface area contributed by atoms with Crippen molar-refractivity contribution in [3.8, 4) is 11.3 Å². The predicted octanol–water partition coefficient (Wildman–Crippen LogP) is 6.14. The van der Waals surface area contributed by atoms with Gasteiger partial charge >= 0.3 is 0 Å². The number of aromatic nitrogens is 1. The van der Waals surface area contributed by atoms with Gasteiger partial charge in [0, 0.05) is 27.9 Å². The average molecular weight is 372 g/mol. The molecule has 136 valence electrons. The monoisotopic (exact) mass is 371 g/mol. The Labute approximate surface area is 161 Å². The lowest BCUT2D eigenvalue weighted by atomic mass is 9.77. The molecule has 0 fully saturated rings. The van der Waals surface area contributed by atoms with Gasteiger partial charge in [0.1, 0.15) is 11.2 Å². The smallest absolute Gasteiger partial charge is 0.139 e. The van der Waals surface area contributed by atoms with E-state index >= 15 is 0 Å². The van der Waals surface area contributed by atoms with Crippen LogP contribution in [0.5, 0.6) is 0 Å². The zero-order valence-electron chi connectivity index (χ0n) is 16.9. The van der Waals surface area contributed by atoms with Gasteiger partial charge < -0.3 is 4.42 Å². The molecule has 2 heterocycles. The van der Waals surface area contributed by atoms with E-state index in [-0.39, 0.29) is 5.41 Å². The number of hydrogen-bond donors (Lipinski definition) is 0. The van der Waals surface area contributed by atoms with Gasteiger partial charge in [0.25, 0.3) is 0 Å². The summed E-state index contributed by atoms with van der Waals surface area (Å²) in [5.74, 6) is 0. The molecular formula is C24H25NOSi. The molecule has 1 aliphatic rings. The third-order valence-electron chi connectivity index (χ3n) is 6.18. The zero-order chi connectivity index (χ0) is 19.1. The van der Waals surface area contributed by atoms with Gasteiger partial charge in [-0.05, 0) is 34.9 Å². The molecule has 0 saturated carbocycles. The molecule has 0 radical (unpaired) electrons. The Hall–Kier alpha value is -2.39. The number of fused-ring (bicyclic) bond motifs is 2. The van der Waals surface area contributed by atoms with Gasteiger partial charge in [-0.1, -0.05) is 63.8 Å². The molecule has 2 aromatic carbocycles. The van der Waals surface area contributed by atoms with Gasteiger partial charge in [0.15, 0.2) is 0 Å². The van der Waals surface area contributed by atoms with E-state index in [0.29, 0.717) is 0 Å². The summed E-state index contributed by atoms with van der Waals surface area (Å²) in [6, 6.07) is 13.4. The van der Waals surface area contributed by atoms with Crippen LogP contribution < -0.4 is 5.19 Å². The molecule has 0 unspecified atom stereocenters. The average Bonchev–Trinajstić information content (AvgIpc) is 2.98. The fourth-order valence-corrected chi connectivity index (χ4v) is 6.12. The molecule has 27 heavy (non-hydrogen) atoms. The summed E-state index contributed by atoms with van der Waals surface area (Å²) in [6.45, 7) is 13.9. The van der Waals surface area contributed by atoms with Crippen molar-refractivity contribution >= 4 is 35.2 Å². The molecule has 0 bridgehead atoms. The summed E-state index contributed by atoms with van der Waals surface area (Å²) in [4.78, 5) is 4.82. The molecule has 0 spiro atoms. The Morgan fingerprint density at radius 2 is 1.67 bits per heavy atom. The van der Waals surface area contributed by atoms with Gasteiger partial charge in [-0.15, -0.1) is 0 Å². The largest absolute Gasteiger partial charge is 0.456 e. The number of nitrogens with zero attached hydrogens (tertiary/aromatic N) is 1. The van der Waals surface area contributed by atoms with E-state index < -0.39 is 8.07 Å².